The van der Waals surface area contributed by atoms with Gasteiger partial charge >= 0.3 is 0 Å². The Morgan fingerprint density at radius 1 is 1.39 bits per heavy atom. The minimum absolute atomic E-state index is 0.255. The van der Waals surface area contributed by atoms with Crippen molar-refractivity contribution in [2.75, 3.05) is 11.9 Å². The second-order valence-electron chi connectivity index (χ2n) is 5.26. The number of nitrogens with zero attached hydrogens (tertiary/aromatic N) is 2. The van der Waals surface area contributed by atoms with Crippen LogP contribution in [-0.4, -0.2) is 22.7 Å². The standard InChI is InChI=1S/C17H17N3O3/c1-4-15(21)20-17(22)12(11(2)18-20)9-10-16-19(3)13-7-5-6-8-14(13)23-16/h5-9,18H,4H2,1-3H3. The highest BCUT2D eigenvalue weighted by Crippen LogP contribution is 2.36. The third-order valence-corrected chi connectivity index (χ3v) is 3.75. The van der Waals surface area contributed by atoms with Gasteiger partial charge in [0.1, 0.15) is 0 Å². The lowest BCUT2D eigenvalue weighted by atomic mass is 10.2. The van der Waals surface area contributed by atoms with E-state index in [2.05, 4.69) is 10.8 Å². The molecule has 0 aliphatic carbocycles. The normalized spacial score (nSPS) is 12.7. The maximum atomic E-state index is 12.3. The molecule has 2 heterocycles. The Labute approximate surface area is 133 Å². The number of nitrogens with one attached hydrogen (secondary N) is 1. The number of aromatic amines is 1. The van der Waals surface area contributed by atoms with Gasteiger partial charge in [-0.05, 0) is 19.1 Å². The number of aryl methyl sites for hydroxylation is 1. The van der Waals surface area contributed by atoms with E-state index in [0.717, 1.165) is 16.1 Å². The molecular weight excluding hydrogens is 294 g/mol. The number of rotatable bonds is 2. The van der Waals surface area contributed by atoms with Crippen LogP contribution in [-0.2, 0) is 0 Å². The van der Waals surface area contributed by atoms with Crippen molar-refractivity contribution in [1.29, 1.82) is 0 Å². The predicted molar refractivity (Wildman–Crippen MR) is 87.7 cm³/mol. The van der Waals surface area contributed by atoms with Crippen molar-refractivity contribution >= 4 is 17.7 Å². The van der Waals surface area contributed by atoms with Crippen molar-refractivity contribution in [2.45, 2.75) is 20.3 Å². The number of ether oxygens (including phenoxy) is 1. The van der Waals surface area contributed by atoms with Gasteiger partial charge in [0.25, 0.3) is 5.56 Å². The second-order valence-corrected chi connectivity index (χ2v) is 5.26. The molecule has 0 unspecified atom stereocenters. The first-order valence-corrected chi connectivity index (χ1v) is 7.35. The van der Waals surface area contributed by atoms with Crippen LogP contribution in [0.1, 0.15) is 29.4 Å². The van der Waals surface area contributed by atoms with Crippen LogP contribution in [0.4, 0.5) is 5.69 Å². The molecule has 1 aliphatic heterocycles. The molecular formula is C17H17N3O3. The predicted octanol–water partition coefficient (Wildman–Crippen LogP) is 2.52. The highest BCUT2D eigenvalue weighted by atomic mass is 16.5. The number of hydrogen-bond acceptors (Lipinski definition) is 4. The molecule has 3 rings (SSSR count). The van der Waals surface area contributed by atoms with Gasteiger partial charge in [0.05, 0.1) is 11.3 Å². The monoisotopic (exact) mass is 311 g/mol. The van der Waals surface area contributed by atoms with Gasteiger partial charge in [0, 0.05) is 25.2 Å². The van der Waals surface area contributed by atoms with Gasteiger partial charge in [-0.15, -0.1) is 0 Å². The molecule has 1 aromatic heterocycles. The van der Waals surface area contributed by atoms with Crippen molar-refractivity contribution in [3.05, 3.63) is 57.5 Å². The highest BCUT2D eigenvalue weighted by Gasteiger charge is 2.22. The second kappa shape index (κ2) is 5.66. The number of benzene rings is 1. The molecule has 0 amide bonds. The molecule has 0 saturated carbocycles. The number of para-hydroxylation sites is 2. The van der Waals surface area contributed by atoms with E-state index >= 15 is 0 Å². The quantitative estimate of drug-likeness (QED) is 0.865. The van der Waals surface area contributed by atoms with E-state index in [0.29, 0.717) is 17.1 Å². The summed E-state index contributed by atoms with van der Waals surface area (Å²) in [5.74, 6) is 0.974. The molecule has 0 fully saturated rings. The molecule has 6 heteroatoms. The Hall–Kier alpha value is -2.98. The molecule has 2 aromatic rings. The SMILES string of the molecule is CCC(=O)n1[nH]c(C)c(C=C=C2Oc3ccccc3N2C)c1=O. The van der Waals surface area contributed by atoms with Gasteiger partial charge in [-0.3, -0.25) is 14.7 Å². The van der Waals surface area contributed by atoms with Crippen LogP contribution in [0.5, 0.6) is 5.75 Å². The fourth-order valence-corrected chi connectivity index (χ4v) is 2.43. The fraction of sp³-hybridized carbons (Fsp3) is 0.235. The van der Waals surface area contributed by atoms with Crippen LogP contribution in [0.3, 0.4) is 0 Å². The number of carbonyl (C=O) groups is 1. The van der Waals surface area contributed by atoms with E-state index in [-0.39, 0.29) is 17.9 Å². The average molecular weight is 311 g/mol. The lowest BCUT2D eigenvalue weighted by Crippen LogP contribution is -2.24. The topological polar surface area (TPSA) is 67.3 Å². The molecule has 118 valence electrons. The van der Waals surface area contributed by atoms with Crippen LogP contribution in [0.2, 0.25) is 0 Å². The zero-order valence-corrected chi connectivity index (χ0v) is 13.2. The van der Waals surface area contributed by atoms with Crippen molar-refractivity contribution in [2.24, 2.45) is 0 Å². The number of anilines is 1. The maximum absolute atomic E-state index is 12.3. The van der Waals surface area contributed by atoms with Crippen LogP contribution in [0.15, 0.2) is 40.7 Å². The van der Waals surface area contributed by atoms with Gasteiger partial charge in [0.2, 0.25) is 11.8 Å². The molecule has 0 spiro atoms. The Kier molecular flexibility index (Phi) is 3.68. The van der Waals surface area contributed by atoms with Crippen molar-refractivity contribution in [1.82, 2.24) is 9.78 Å². The van der Waals surface area contributed by atoms with E-state index in [1.54, 1.807) is 19.9 Å². The Balaban J connectivity index is 2.00. The summed E-state index contributed by atoms with van der Waals surface area (Å²) in [6.45, 7) is 3.45. The highest BCUT2D eigenvalue weighted by molar-refractivity contribution is 5.78. The van der Waals surface area contributed by atoms with Crippen LogP contribution < -0.4 is 15.2 Å². The van der Waals surface area contributed by atoms with E-state index in [1.165, 1.54) is 0 Å². The average Bonchev–Trinajstić information content (AvgIpc) is 3.02. The first-order chi connectivity index (χ1) is 11.0. The summed E-state index contributed by atoms with van der Waals surface area (Å²) in [6, 6.07) is 7.63. The smallest absolute Gasteiger partial charge is 0.281 e. The summed E-state index contributed by atoms with van der Waals surface area (Å²) in [6.07, 6.45) is 1.80. The summed E-state index contributed by atoms with van der Waals surface area (Å²) < 4.78 is 6.74. The Bertz CT molecular complexity index is 898. The van der Waals surface area contributed by atoms with Crippen LogP contribution >= 0.6 is 0 Å². The minimum atomic E-state index is -0.374. The molecule has 23 heavy (non-hydrogen) atoms. The Morgan fingerprint density at radius 2 is 2.13 bits per heavy atom. The molecule has 1 N–H and O–H groups in total. The van der Waals surface area contributed by atoms with Crippen molar-refractivity contribution < 1.29 is 9.53 Å². The largest absolute Gasteiger partial charge is 0.432 e. The zero-order chi connectivity index (χ0) is 16.6. The summed E-state index contributed by atoms with van der Waals surface area (Å²) in [4.78, 5) is 25.8. The lowest BCUT2D eigenvalue weighted by Gasteiger charge is -2.07. The third kappa shape index (κ3) is 2.49. The van der Waals surface area contributed by atoms with Crippen LogP contribution in [0, 0.1) is 6.92 Å². The lowest BCUT2D eigenvalue weighted by molar-refractivity contribution is 0.0888. The Morgan fingerprint density at radius 3 is 2.83 bits per heavy atom. The van der Waals surface area contributed by atoms with Gasteiger partial charge in [-0.1, -0.05) is 24.8 Å². The number of H-pyrrole nitrogens is 1. The van der Waals surface area contributed by atoms with E-state index in [4.69, 9.17) is 4.74 Å². The first-order valence-electron chi connectivity index (χ1n) is 7.35. The van der Waals surface area contributed by atoms with Crippen molar-refractivity contribution in [3.8, 4) is 5.75 Å². The van der Waals surface area contributed by atoms with Crippen LogP contribution in [0.25, 0.3) is 6.08 Å². The summed E-state index contributed by atoms with van der Waals surface area (Å²) in [5, 5.41) is 2.79. The maximum Gasteiger partial charge on any atom is 0.281 e. The third-order valence-electron chi connectivity index (χ3n) is 3.75. The summed E-state index contributed by atoms with van der Waals surface area (Å²) in [5.41, 5.74) is 4.57. The number of hydrogen-bond donors (Lipinski definition) is 1. The summed E-state index contributed by atoms with van der Waals surface area (Å²) >= 11 is 0. The molecule has 0 atom stereocenters. The van der Waals surface area contributed by atoms with Gasteiger partial charge < -0.3 is 9.64 Å². The first kappa shape index (κ1) is 14.9. The van der Waals surface area contributed by atoms with E-state index in [9.17, 15) is 9.59 Å². The molecule has 1 aromatic carbocycles. The number of fused-ring (bicyclic) bond motifs is 1. The minimum Gasteiger partial charge on any atom is -0.432 e. The van der Waals surface area contributed by atoms with E-state index < -0.39 is 0 Å². The number of carbonyl (C=O) groups excluding carboxylic acids is 1. The van der Waals surface area contributed by atoms with Gasteiger partial charge in [-0.25, -0.2) is 0 Å². The molecule has 0 bridgehead atoms. The summed E-state index contributed by atoms with van der Waals surface area (Å²) in [7, 11) is 1.87. The molecule has 0 radical (unpaired) electrons. The number of aromatic nitrogens is 2. The molecule has 0 saturated heterocycles. The van der Waals surface area contributed by atoms with Gasteiger partial charge in [0.15, 0.2) is 5.75 Å². The zero-order valence-electron chi connectivity index (χ0n) is 13.2. The fourth-order valence-electron chi connectivity index (χ4n) is 2.43. The van der Waals surface area contributed by atoms with Crippen molar-refractivity contribution in [3.63, 3.8) is 0 Å². The molecule has 1 aliphatic rings. The van der Waals surface area contributed by atoms with E-state index in [1.807, 2.05) is 36.2 Å². The molecule has 6 nitrogen and oxygen atoms in total. The van der Waals surface area contributed by atoms with Gasteiger partial charge in [-0.2, -0.15) is 4.68 Å².